The van der Waals surface area contributed by atoms with Crippen LogP contribution in [0.4, 0.5) is 5.95 Å². The van der Waals surface area contributed by atoms with Crippen molar-refractivity contribution in [2.75, 3.05) is 11.8 Å². The number of ether oxygens (including phenoxy) is 1. The third kappa shape index (κ3) is 3.24. The van der Waals surface area contributed by atoms with E-state index in [9.17, 15) is 8.42 Å². The Bertz CT molecular complexity index is 712. The third-order valence-corrected chi connectivity index (χ3v) is 4.74. The highest BCUT2D eigenvalue weighted by Crippen LogP contribution is 2.21. The van der Waals surface area contributed by atoms with Gasteiger partial charge in [-0.1, -0.05) is 0 Å². The van der Waals surface area contributed by atoms with E-state index in [0.717, 1.165) is 11.3 Å². The standard InChI is InChI=1S/C11H13N3O4S2/c1-7-3-10(18-2)13-11(12-7)14-20(16,17)9-4-8(5-15)19-6-9/h3-4,6,15H,5H2,1-2H3,(H,12,13,14). The molecule has 2 aromatic rings. The lowest BCUT2D eigenvalue weighted by Gasteiger charge is -2.07. The van der Waals surface area contributed by atoms with Gasteiger partial charge >= 0.3 is 0 Å². The van der Waals surface area contributed by atoms with E-state index in [-0.39, 0.29) is 23.3 Å². The number of aliphatic hydroxyl groups excluding tert-OH is 1. The van der Waals surface area contributed by atoms with Crippen LogP contribution in [-0.4, -0.2) is 30.6 Å². The fourth-order valence-electron chi connectivity index (χ4n) is 1.45. The number of thiophene rings is 1. The largest absolute Gasteiger partial charge is 0.481 e. The molecule has 0 saturated carbocycles. The highest BCUT2D eigenvalue weighted by Gasteiger charge is 2.18. The van der Waals surface area contributed by atoms with E-state index in [0.29, 0.717) is 10.6 Å². The molecule has 9 heteroatoms. The van der Waals surface area contributed by atoms with Gasteiger partial charge in [-0.15, -0.1) is 11.3 Å². The maximum absolute atomic E-state index is 12.1. The molecule has 0 bridgehead atoms. The molecule has 7 nitrogen and oxygen atoms in total. The van der Waals surface area contributed by atoms with E-state index in [1.807, 2.05) is 0 Å². The molecule has 108 valence electrons. The van der Waals surface area contributed by atoms with Gasteiger partial charge < -0.3 is 9.84 Å². The summed E-state index contributed by atoms with van der Waals surface area (Å²) in [6, 6.07) is 2.99. The fraction of sp³-hybridized carbons (Fsp3) is 0.273. The Morgan fingerprint density at radius 1 is 1.40 bits per heavy atom. The summed E-state index contributed by atoms with van der Waals surface area (Å²) in [4.78, 5) is 8.54. The molecule has 0 unspecified atom stereocenters. The Labute approximate surface area is 120 Å². The predicted octanol–water partition coefficient (Wildman–Crippen LogP) is 1.15. The van der Waals surface area contributed by atoms with Gasteiger partial charge in [-0.25, -0.2) is 18.1 Å². The Morgan fingerprint density at radius 2 is 2.15 bits per heavy atom. The van der Waals surface area contributed by atoms with Crippen LogP contribution in [0.3, 0.4) is 0 Å². The van der Waals surface area contributed by atoms with E-state index < -0.39 is 10.0 Å². The van der Waals surface area contributed by atoms with Crippen molar-refractivity contribution in [2.45, 2.75) is 18.4 Å². The molecular weight excluding hydrogens is 302 g/mol. The van der Waals surface area contributed by atoms with Gasteiger partial charge in [0.15, 0.2) is 0 Å². The van der Waals surface area contributed by atoms with Crippen LogP contribution in [0.2, 0.25) is 0 Å². The number of aryl methyl sites for hydroxylation is 1. The molecule has 0 saturated heterocycles. The first-order valence-corrected chi connectivity index (χ1v) is 7.91. The lowest BCUT2D eigenvalue weighted by atomic mass is 10.4. The van der Waals surface area contributed by atoms with Gasteiger partial charge in [0.25, 0.3) is 10.0 Å². The molecule has 0 radical (unpaired) electrons. The van der Waals surface area contributed by atoms with Crippen molar-refractivity contribution < 1.29 is 18.3 Å². The molecule has 0 aromatic carbocycles. The summed E-state index contributed by atoms with van der Waals surface area (Å²) >= 11 is 1.16. The summed E-state index contributed by atoms with van der Waals surface area (Å²) in [5.74, 6) is 0.218. The van der Waals surface area contributed by atoms with Crippen molar-refractivity contribution in [1.29, 1.82) is 0 Å². The number of rotatable bonds is 5. The fourth-order valence-corrected chi connectivity index (χ4v) is 3.53. The second-order valence-corrected chi connectivity index (χ2v) is 6.57. The average Bonchev–Trinajstić information content (AvgIpc) is 2.87. The summed E-state index contributed by atoms with van der Waals surface area (Å²) < 4.78 is 31.5. The smallest absolute Gasteiger partial charge is 0.265 e. The first kappa shape index (κ1) is 14.7. The maximum atomic E-state index is 12.1. The molecule has 0 amide bonds. The van der Waals surface area contributed by atoms with Crippen LogP contribution in [0.1, 0.15) is 10.6 Å². The Balaban J connectivity index is 2.30. The van der Waals surface area contributed by atoms with Crippen LogP contribution >= 0.6 is 11.3 Å². The van der Waals surface area contributed by atoms with Crippen LogP contribution in [0.25, 0.3) is 0 Å². The van der Waals surface area contributed by atoms with Gasteiger partial charge in [0.05, 0.1) is 18.6 Å². The first-order valence-electron chi connectivity index (χ1n) is 5.55. The molecule has 2 rings (SSSR count). The highest BCUT2D eigenvalue weighted by atomic mass is 32.2. The molecule has 0 aliphatic carbocycles. The number of nitrogens with one attached hydrogen (secondary N) is 1. The summed E-state index contributed by atoms with van der Waals surface area (Å²) in [6.07, 6.45) is 0. The van der Waals surface area contributed by atoms with Crippen molar-refractivity contribution in [1.82, 2.24) is 9.97 Å². The number of hydrogen-bond acceptors (Lipinski definition) is 7. The van der Waals surface area contributed by atoms with Crippen molar-refractivity contribution in [2.24, 2.45) is 0 Å². The number of methoxy groups -OCH3 is 1. The number of hydrogen-bond donors (Lipinski definition) is 2. The minimum Gasteiger partial charge on any atom is -0.481 e. The van der Waals surface area contributed by atoms with Crippen LogP contribution in [0.5, 0.6) is 5.88 Å². The second kappa shape index (κ2) is 5.73. The van der Waals surface area contributed by atoms with E-state index in [1.165, 1.54) is 18.6 Å². The van der Waals surface area contributed by atoms with E-state index >= 15 is 0 Å². The summed E-state index contributed by atoms with van der Waals surface area (Å²) in [5, 5.41) is 10.4. The molecule has 2 aromatic heterocycles. The molecule has 0 atom stereocenters. The number of sulfonamides is 1. The van der Waals surface area contributed by atoms with Crippen molar-refractivity contribution in [3.8, 4) is 5.88 Å². The zero-order chi connectivity index (χ0) is 14.8. The van der Waals surface area contributed by atoms with E-state index in [2.05, 4.69) is 14.7 Å². The van der Waals surface area contributed by atoms with Gasteiger partial charge in [-0.3, -0.25) is 0 Å². The van der Waals surface area contributed by atoms with Gasteiger partial charge in [0.2, 0.25) is 11.8 Å². The van der Waals surface area contributed by atoms with Gasteiger partial charge in [-0.05, 0) is 13.0 Å². The monoisotopic (exact) mass is 315 g/mol. The maximum Gasteiger partial charge on any atom is 0.265 e. The van der Waals surface area contributed by atoms with Crippen molar-refractivity contribution >= 4 is 27.3 Å². The number of aromatic nitrogens is 2. The first-order chi connectivity index (χ1) is 9.44. The number of anilines is 1. The zero-order valence-electron chi connectivity index (χ0n) is 10.8. The van der Waals surface area contributed by atoms with Gasteiger partial charge in [-0.2, -0.15) is 4.98 Å². The minimum atomic E-state index is -3.78. The lowest BCUT2D eigenvalue weighted by Crippen LogP contribution is -2.15. The summed E-state index contributed by atoms with van der Waals surface area (Å²) in [5.41, 5.74) is 0.580. The number of nitrogens with zero attached hydrogens (tertiary/aromatic N) is 2. The van der Waals surface area contributed by atoms with Gasteiger partial charge in [0, 0.05) is 22.0 Å². The number of aliphatic hydroxyl groups is 1. The molecule has 2 heterocycles. The molecule has 0 fully saturated rings. The Morgan fingerprint density at radius 3 is 2.75 bits per heavy atom. The van der Waals surface area contributed by atoms with Crippen LogP contribution in [0.15, 0.2) is 22.4 Å². The summed E-state index contributed by atoms with van der Waals surface area (Å²) in [6.45, 7) is 1.51. The minimum absolute atomic E-state index is 0.0569. The van der Waals surface area contributed by atoms with Crippen molar-refractivity contribution in [3.63, 3.8) is 0 Å². The van der Waals surface area contributed by atoms with Crippen LogP contribution in [-0.2, 0) is 16.6 Å². The summed E-state index contributed by atoms with van der Waals surface area (Å²) in [7, 11) is -2.34. The topological polar surface area (TPSA) is 101 Å². The zero-order valence-corrected chi connectivity index (χ0v) is 12.5. The quantitative estimate of drug-likeness (QED) is 0.858. The second-order valence-electron chi connectivity index (χ2n) is 3.89. The SMILES string of the molecule is COc1cc(C)nc(NS(=O)(=O)c2csc(CO)c2)n1. The van der Waals surface area contributed by atoms with E-state index in [1.54, 1.807) is 13.0 Å². The van der Waals surface area contributed by atoms with E-state index in [4.69, 9.17) is 9.84 Å². The molecule has 2 N–H and O–H groups in total. The third-order valence-electron chi connectivity index (χ3n) is 2.36. The van der Waals surface area contributed by atoms with Crippen LogP contribution < -0.4 is 9.46 Å². The molecule has 0 aliphatic heterocycles. The predicted molar refractivity (Wildman–Crippen MR) is 74.4 cm³/mol. The van der Waals surface area contributed by atoms with Crippen LogP contribution in [0, 0.1) is 6.92 Å². The Hall–Kier alpha value is -1.71. The molecular formula is C11H13N3O4S2. The average molecular weight is 315 g/mol. The Kier molecular flexibility index (Phi) is 4.21. The lowest BCUT2D eigenvalue weighted by molar-refractivity contribution is 0.285. The molecule has 0 spiro atoms. The van der Waals surface area contributed by atoms with Gasteiger partial charge in [0.1, 0.15) is 0 Å². The molecule has 0 aliphatic rings. The van der Waals surface area contributed by atoms with Crippen molar-refractivity contribution in [3.05, 3.63) is 28.1 Å². The molecule has 20 heavy (non-hydrogen) atoms. The normalized spacial score (nSPS) is 11.3. The highest BCUT2D eigenvalue weighted by molar-refractivity contribution is 7.92.